The van der Waals surface area contributed by atoms with Gasteiger partial charge in [-0.15, -0.1) is 11.3 Å². The van der Waals surface area contributed by atoms with Crippen LogP contribution in [0.5, 0.6) is 0 Å². The molecule has 0 aromatic carbocycles. The quantitative estimate of drug-likeness (QED) is 0.810. The van der Waals surface area contributed by atoms with Crippen molar-refractivity contribution >= 4 is 23.2 Å². The minimum atomic E-state index is -0.913. The van der Waals surface area contributed by atoms with Gasteiger partial charge in [-0.3, -0.25) is 4.79 Å². The van der Waals surface area contributed by atoms with Crippen molar-refractivity contribution < 1.29 is 14.7 Å². The third kappa shape index (κ3) is 4.63. The van der Waals surface area contributed by atoms with Crippen LogP contribution in [0.2, 0.25) is 0 Å². The van der Waals surface area contributed by atoms with Gasteiger partial charge in [0.15, 0.2) is 0 Å². The van der Waals surface area contributed by atoms with E-state index in [1.807, 2.05) is 0 Å². The predicted octanol–water partition coefficient (Wildman–Crippen LogP) is 3.42. The average Bonchev–Trinajstić information content (AvgIpc) is 3.07. The van der Waals surface area contributed by atoms with E-state index in [2.05, 4.69) is 5.32 Å². The van der Waals surface area contributed by atoms with Gasteiger partial charge in [0.25, 0.3) is 0 Å². The number of hydrogen-bond donors (Lipinski definition) is 2. The number of rotatable bonds is 7. The van der Waals surface area contributed by atoms with Crippen LogP contribution in [-0.2, 0) is 11.3 Å². The van der Waals surface area contributed by atoms with Gasteiger partial charge in [-0.1, -0.05) is 25.7 Å². The normalized spacial score (nSPS) is 15.4. The molecule has 1 amide bonds. The monoisotopic (exact) mass is 295 g/mol. The molecule has 5 heteroatoms. The molecule has 4 nitrogen and oxygen atoms in total. The Labute approximate surface area is 123 Å². The van der Waals surface area contributed by atoms with Crippen molar-refractivity contribution in [3.63, 3.8) is 0 Å². The van der Waals surface area contributed by atoms with E-state index in [1.165, 1.54) is 37.0 Å². The largest absolute Gasteiger partial charge is 0.477 e. The highest BCUT2D eigenvalue weighted by Crippen LogP contribution is 2.28. The van der Waals surface area contributed by atoms with E-state index >= 15 is 0 Å². The number of hydrogen-bond acceptors (Lipinski definition) is 3. The number of carboxylic acid groups (broad SMARTS) is 1. The van der Waals surface area contributed by atoms with E-state index in [1.54, 1.807) is 12.1 Å². The molecule has 2 rings (SSSR count). The first-order valence-electron chi connectivity index (χ1n) is 7.24. The molecular weight excluding hydrogens is 274 g/mol. The van der Waals surface area contributed by atoms with Crippen LogP contribution in [0, 0.1) is 5.92 Å². The topological polar surface area (TPSA) is 66.4 Å². The first kappa shape index (κ1) is 15.0. The van der Waals surface area contributed by atoms with Crippen molar-refractivity contribution in [2.24, 2.45) is 5.92 Å². The lowest BCUT2D eigenvalue weighted by Crippen LogP contribution is -2.21. The highest BCUT2D eigenvalue weighted by Gasteiger charge is 2.15. The zero-order valence-electron chi connectivity index (χ0n) is 11.6. The van der Waals surface area contributed by atoms with Gasteiger partial charge in [0.2, 0.25) is 5.91 Å². The van der Waals surface area contributed by atoms with Crippen LogP contribution in [0.15, 0.2) is 12.1 Å². The van der Waals surface area contributed by atoms with E-state index < -0.39 is 5.97 Å². The molecule has 1 aliphatic carbocycles. The highest BCUT2D eigenvalue weighted by molar-refractivity contribution is 7.13. The summed E-state index contributed by atoms with van der Waals surface area (Å²) < 4.78 is 0. The Kier molecular flexibility index (Phi) is 5.59. The first-order valence-corrected chi connectivity index (χ1v) is 8.05. The summed E-state index contributed by atoms with van der Waals surface area (Å²) in [6.45, 7) is 0.431. The van der Waals surface area contributed by atoms with Crippen LogP contribution >= 0.6 is 11.3 Å². The van der Waals surface area contributed by atoms with Crippen LogP contribution < -0.4 is 5.32 Å². The molecular formula is C15H21NO3S. The Morgan fingerprint density at radius 3 is 2.70 bits per heavy atom. The molecule has 0 aliphatic heterocycles. The summed E-state index contributed by atoms with van der Waals surface area (Å²) in [7, 11) is 0. The zero-order chi connectivity index (χ0) is 14.4. The van der Waals surface area contributed by atoms with Crippen molar-refractivity contribution in [1.82, 2.24) is 5.32 Å². The zero-order valence-corrected chi connectivity index (χ0v) is 12.4. The van der Waals surface area contributed by atoms with Gasteiger partial charge in [-0.25, -0.2) is 4.79 Å². The number of thiophene rings is 1. The molecule has 20 heavy (non-hydrogen) atoms. The predicted molar refractivity (Wildman–Crippen MR) is 78.9 cm³/mol. The fourth-order valence-corrected chi connectivity index (χ4v) is 3.50. The number of carboxylic acids is 1. The van der Waals surface area contributed by atoms with E-state index in [4.69, 9.17) is 5.11 Å². The van der Waals surface area contributed by atoms with Gasteiger partial charge in [0.05, 0.1) is 6.54 Å². The van der Waals surface area contributed by atoms with Gasteiger partial charge in [0, 0.05) is 11.3 Å². The smallest absolute Gasteiger partial charge is 0.345 e. The van der Waals surface area contributed by atoms with Crippen LogP contribution in [-0.4, -0.2) is 17.0 Å². The van der Waals surface area contributed by atoms with Crippen LogP contribution in [0.25, 0.3) is 0 Å². The first-order chi connectivity index (χ1) is 9.65. The van der Waals surface area contributed by atoms with Crippen molar-refractivity contribution in [2.45, 2.75) is 51.5 Å². The van der Waals surface area contributed by atoms with Crippen LogP contribution in [0.1, 0.15) is 59.5 Å². The molecule has 0 spiro atoms. The maximum atomic E-state index is 11.7. The van der Waals surface area contributed by atoms with Crippen molar-refractivity contribution in [3.8, 4) is 0 Å². The number of nitrogens with one attached hydrogen (secondary N) is 1. The Hall–Kier alpha value is -1.36. The molecule has 0 bridgehead atoms. The summed E-state index contributed by atoms with van der Waals surface area (Å²) in [5.74, 6) is -0.0179. The lowest BCUT2D eigenvalue weighted by Gasteiger charge is -2.08. The third-order valence-electron chi connectivity index (χ3n) is 3.82. The maximum absolute atomic E-state index is 11.7. The van der Waals surface area contributed by atoms with E-state index in [0.717, 1.165) is 23.6 Å². The number of carbonyl (C=O) groups is 2. The van der Waals surface area contributed by atoms with Crippen molar-refractivity contribution in [3.05, 3.63) is 21.9 Å². The highest BCUT2D eigenvalue weighted by atomic mass is 32.1. The minimum absolute atomic E-state index is 0.0632. The van der Waals surface area contributed by atoms with Gasteiger partial charge in [-0.2, -0.15) is 0 Å². The second-order valence-electron chi connectivity index (χ2n) is 5.39. The summed E-state index contributed by atoms with van der Waals surface area (Å²) in [5.41, 5.74) is 0. The van der Waals surface area contributed by atoms with E-state index in [9.17, 15) is 9.59 Å². The van der Waals surface area contributed by atoms with Gasteiger partial charge in [-0.05, 0) is 30.9 Å². The van der Waals surface area contributed by atoms with E-state index in [-0.39, 0.29) is 5.91 Å². The molecule has 1 aromatic rings. The molecule has 2 N–H and O–H groups in total. The second-order valence-corrected chi connectivity index (χ2v) is 6.56. The summed E-state index contributed by atoms with van der Waals surface area (Å²) in [4.78, 5) is 23.6. The van der Waals surface area contributed by atoms with Crippen LogP contribution in [0.4, 0.5) is 0 Å². The standard InChI is InChI=1S/C15H21NO3S/c17-14(7-3-6-11-4-1-2-5-11)16-10-12-8-9-13(20-12)15(18)19/h8-9,11H,1-7,10H2,(H,16,17)(H,18,19). The fourth-order valence-electron chi connectivity index (χ4n) is 2.71. The Morgan fingerprint density at radius 2 is 2.05 bits per heavy atom. The Balaban J connectivity index is 1.62. The number of aromatic carboxylic acids is 1. The SMILES string of the molecule is O=C(CCCC1CCCC1)NCc1ccc(C(=O)O)s1. The lowest BCUT2D eigenvalue weighted by atomic mass is 10.0. The lowest BCUT2D eigenvalue weighted by molar-refractivity contribution is -0.121. The molecule has 1 saturated carbocycles. The van der Waals surface area contributed by atoms with Gasteiger partial charge in [0.1, 0.15) is 4.88 Å². The minimum Gasteiger partial charge on any atom is -0.477 e. The summed E-state index contributed by atoms with van der Waals surface area (Å²) in [6.07, 6.45) is 8.05. The molecule has 110 valence electrons. The Bertz CT molecular complexity index is 463. The maximum Gasteiger partial charge on any atom is 0.345 e. The van der Waals surface area contributed by atoms with E-state index in [0.29, 0.717) is 17.8 Å². The second kappa shape index (κ2) is 7.43. The average molecular weight is 295 g/mol. The molecule has 1 heterocycles. The third-order valence-corrected chi connectivity index (χ3v) is 4.90. The summed E-state index contributed by atoms with van der Waals surface area (Å²) in [5, 5.41) is 11.7. The molecule has 1 aromatic heterocycles. The summed E-state index contributed by atoms with van der Waals surface area (Å²) in [6, 6.07) is 3.33. The van der Waals surface area contributed by atoms with Crippen molar-refractivity contribution in [1.29, 1.82) is 0 Å². The molecule has 0 radical (unpaired) electrons. The number of amides is 1. The molecule has 1 aliphatic rings. The van der Waals surface area contributed by atoms with Gasteiger partial charge >= 0.3 is 5.97 Å². The Morgan fingerprint density at radius 1 is 1.30 bits per heavy atom. The summed E-state index contributed by atoms with van der Waals surface area (Å²) >= 11 is 1.21. The molecule has 0 atom stereocenters. The fraction of sp³-hybridized carbons (Fsp3) is 0.600. The number of carbonyl (C=O) groups excluding carboxylic acids is 1. The van der Waals surface area contributed by atoms with Crippen molar-refractivity contribution in [2.75, 3.05) is 0 Å². The molecule has 1 fully saturated rings. The molecule has 0 saturated heterocycles. The van der Waals surface area contributed by atoms with Crippen LogP contribution in [0.3, 0.4) is 0 Å². The van der Waals surface area contributed by atoms with Gasteiger partial charge < -0.3 is 10.4 Å². The molecule has 0 unspecified atom stereocenters.